The predicted molar refractivity (Wildman–Crippen MR) is 65.5 cm³/mol. The third-order valence-corrected chi connectivity index (χ3v) is 3.20. The zero-order valence-corrected chi connectivity index (χ0v) is 10.1. The molecule has 1 fully saturated rings. The fourth-order valence-electron chi connectivity index (χ4n) is 2.04. The van der Waals surface area contributed by atoms with Gasteiger partial charge in [0, 0.05) is 6.20 Å². The summed E-state index contributed by atoms with van der Waals surface area (Å²) in [6.07, 6.45) is 4.20. The fraction of sp³-hybridized carbons (Fsp3) is 0.615. The number of aryl methyl sites for hydroxylation is 1. The molecule has 4 heteroatoms. The van der Waals surface area contributed by atoms with Crippen LogP contribution in [0.2, 0.25) is 0 Å². The maximum Gasteiger partial charge on any atom is 0.0607 e. The van der Waals surface area contributed by atoms with Crippen molar-refractivity contribution in [3.63, 3.8) is 0 Å². The Morgan fingerprint density at radius 1 is 1.41 bits per heavy atom. The van der Waals surface area contributed by atoms with E-state index in [1.807, 2.05) is 19.2 Å². The number of hydrogen-bond donors (Lipinski definition) is 3. The number of aliphatic hydroxyl groups excluding tert-OH is 2. The van der Waals surface area contributed by atoms with Gasteiger partial charge in [0.2, 0.25) is 0 Å². The molecule has 0 spiro atoms. The summed E-state index contributed by atoms with van der Waals surface area (Å²) in [6.45, 7) is 1.95. The summed E-state index contributed by atoms with van der Waals surface area (Å²) in [7, 11) is 0. The molecule has 0 radical (unpaired) electrons. The minimum atomic E-state index is -0.261. The van der Waals surface area contributed by atoms with E-state index in [1.54, 1.807) is 0 Å². The van der Waals surface area contributed by atoms with Gasteiger partial charge >= 0.3 is 0 Å². The molecular formula is C13H20N2O2. The highest BCUT2D eigenvalue weighted by atomic mass is 16.3. The van der Waals surface area contributed by atoms with Gasteiger partial charge in [0.25, 0.3) is 0 Å². The third kappa shape index (κ3) is 3.25. The second-order valence-corrected chi connectivity index (χ2v) is 4.80. The molecule has 94 valence electrons. The van der Waals surface area contributed by atoms with Crippen LogP contribution in [0, 0.1) is 12.8 Å². The topological polar surface area (TPSA) is 65.4 Å². The molecule has 0 unspecified atom stereocenters. The van der Waals surface area contributed by atoms with E-state index >= 15 is 0 Å². The number of nitrogens with zero attached hydrogens (tertiary/aromatic N) is 1. The Kier molecular flexibility index (Phi) is 4.10. The number of hydrogen-bond acceptors (Lipinski definition) is 4. The van der Waals surface area contributed by atoms with Gasteiger partial charge in [-0.05, 0) is 43.4 Å². The van der Waals surface area contributed by atoms with Crippen molar-refractivity contribution < 1.29 is 10.2 Å². The SMILES string of the molecule is Cc1ccnc([C@@H](NC(CO)CO)C2CC2)c1. The molecule has 1 aliphatic carbocycles. The summed E-state index contributed by atoms with van der Waals surface area (Å²) in [5.41, 5.74) is 2.20. The van der Waals surface area contributed by atoms with Gasteiger partial charge in [-0.1, -0.05) is 0 Å². The van der Waals surface area contributed by atoms with Crippen molar-refractivity contribution in [1.29, 1.82) is 0 Å². The Labute approximate surface area is 102 Å². The number of rotatable bonds is 6. The van der Waals surface area contributed by atoms with Crippen LogP contribution in [0.25, 0.3) is 0 Å². The molecule has 2 rings (SSSR count). The number of nitrogens with one attached hydrogen (secondary N) is 1. The van der Waals surface area contributed by atoms with E-state index in [4.69, 9.17) is 10.2 Å². The molecule has 1 saturated carbocycles. The molecular weight excluding hydrogens is 216 g/mol. The van der Waals surface area contributed by atoms with Crippen LogP contribution in [0.15, 0.2) is 18.3 Å². The van der Waals surface area contributed by atoms with Crippen molar-refractivity contribution in [3.8, 4) is 0 Å². The Hall–Kier alpha value is -0.970. The molecule has 0 bridgehead atoms. The number of aromatic nitrogens is 1. The van der Waals surface area contributed by atoms with E-state index < -0.39 is 0 Å². The molecule has 1 aromatic heterocycles. The summed E-state index contributed by atoms with van der Waals surface area (Å²) < 4.78 is 0. The average Bonchev–Trinajstić information content (AvgIpc) is 3.15. The second-order valence-electron chi connectivity index (χ2n) is 4.80. The Morgan fingerprint density at radius 3 is 2.65 bits per heavy atom. The summed E-state index contributed by atoms with van der Waals surface area (Å²) in [5, 5.41) is 21.6. The molecule has 0 amide bonds. The highest BCUT2D eigenvalue weighted by molar-refractivity contribution is 5.19. The lowest BCUT2D eigenvalue weighted by Gasteiger charge is -2.23. The average molecular weight is 236 g/mol. The minimum absolute atomic E-state index is 0.0501. The standard InChI is InChI=1S/C13H20N2O2/c1-9-4-5-14-12(6-9)13(10-2-3-10)15-11(7-16)8-17/h4-6,10-11,13,15-17H,2-3,7-8H2,1H3/t13-/m0/s1. The highest BCUT2D eigenvalue weighted by Gasteiger charge is 2.34. The summed E-state index contributed by atoms with van der Waals surface area (Å²) in [6, 6.07) is 3.94. The molecule has 1 heterocycles. The van der Waals surface area contributed by atoms with Crippen molar-refractivity contribution >= 4 is 0 Å². The van der Waals surface area contributed by atoms with Crippen LogP contribution >= 0.6 is 0 Å². The van der Waals surface area contributed by atoms with Crippen molar-refractivity contribution in [2.24, 2.45) is 5.92 Å². The van der Waals surface area contributed by atoms with Crippen LogP contribution in [0.4, 0.5) is 0 Å². The van der Waals surface area contributed by atoms with Crippen LogP contribution in [0.3, 0.4) is 0 Å². The fourth-order valence-corrected chi connectivity index (χ4v) is 2.04. The van der Waals surface area contributed by atoms with Crippen molar-refractivity contribution in [1.82, 2.24) is 10.3 Å². The summed E-state index contributed by atoms with van der Waals surface area (Å²) in [4.78, 5) is 4.40. The van der Waals surface area contributed by atoms with Gasteiger partial charge in [-0.15, -0.1) is 0 Å². The maximum absolute atomic E-state index is 9.14. The van der Waals surface area contributed by atoms with Gasteiger partial charge in [-0.2, -0.15) is 0 Å². The van der Waals surface area contributed by atoms with E-state index in [-0.39, 0.29) is 25.3 Å². The molecule has 0 aliphatic heterocycles. The van der Waals surface area contributed by atoms with Gasteiger partial charge in [0.05, 0.1) is 31.0 Å². The first-order valence-electron chi connectivity index (χ1n) is 6.15. The van der Waals surface area contributed by atoms with E-state index in [9.17, 15) is 0 Å². The van der Waals surface area contributed by atoms with E-state index in [0.717, 1.165) is 5.69 Å². The second kappa shape index (κ2) is 5.58. The lowest BCUT2D eigenvalue weighted by Crippen LogP contribution is -2.39. The largest absolute Gasteiger partial charge is 0.395 e. The van der Waals surface area contributed by atoms with Crippen LogP contribution < -0.4 is 5.32 Å². The minimum Gasteiger partial charge on any atom is -0.395 e. The predicted octanol–water partition coefficient (Wildman–Crippen LogP) is 0.784. The molecule has 1 aromatic rings. The van der Waals surface area contributed by atoms with E-state index in [1.165, 1.54) is 18.4 Å². The first kappa shape index (κ1) is 12.5. The van der Waals surface area contributed by atoms with Gasteiger partial charge in [0.15, 0.2) is 0 Å². The van der Waals surface area contributed by atoms with Crippen molar-refractivity contribution in [3.05, 3.63) is 29.6 Å². The van der Waals surface area contributed by atoms with Gasteiger partial charge < -0.3 is 15.5 Å². The van der Waals surface area contributed by atoms with E-state index in [2.05, 4.69) is 16.4 Å². The molecule has 1 aliphatic rings. The molecule has 3 N–H and O–H groups in total. The molecule has 0 saturated heterocycles. The van der Waals surface area contributed by atoms with Gasteiger partial charge in [-0.3, -0.25) is 4.98 Å². The lowest BCUT2D eigenvalue weighted by molar-refractivity contribution is 0.158. The maximum atomic E-state index is 9.14. The smallest absolute Gasteiger partial charge is 0.0607 e. The zero-order valence-electron chi connectivity index (χ0n) is 10.1. The van der Waals surface area contributed by atoms with Crippen molar-refractivity contribution in [2.75, 3.05) is 13.2 Å². The Balaban J connectivity index is 2.11. The normalized spacial score (nSPS) is 17.4. The van der Waals surface area contributed by atoms with Crippen LogP contribution in [0.1, 0.15) is 30.1 Å². The highest BCUT2D eigenvalue weighted by Crippen LogP contribution is 2.40. The summed E-state index contributed by atoms with van der Waals surface area (Å²) in [5.74, 6) is 0.588. The molecule has 1 atom stereocenters. The molecule has 17 heavy (non-hydrogen) atoms. The van der Waals surface area contributed by atoms with Gasteiger partial charge in [-0.25, -0.2) is 0 Å². The Bertz CT molecular complexity index is 362. The summed E-state index contributed by atoms with van der Waals surface area (Å²) >= 11 is 0. The lowest BCUT2D eigenvalue weighted by atomic mass is 10.1. The van der Waals surface area contributed by atoms with Crippen molar-refractivity contribution in [2.45, 2.75) is 31.8 Å². The molecule has 4 nitrogen and oxygen atoms in total. The zero-order chi connectivity index (χ0) is 12.3. The Morgan fingerprint density at radius 2 is 2.12 bits per heavy atom. The van der Waals surface area contributed by atoms with Gasteiger partial charge in [0.1, 0.15) is 0 Å². The van der Waals surface area contributed by atoms with Crippen LogP contribution in [0.5, 0.6) is 0 Å². The quantitative estimate of drug-likeness (QED) is 0.683. The van der Waals surface area contributed by atoms with Crippen LogP contribution in [-0.2, 0) is 0 Å². The third-order valence-electron chi connectivity index (χ3n) is 3.20. The van der Waals surface area contributed by atoms with Crippen LogP contribution in [-0.4, -0.2) is 34.5 Å². The monoisotopic (exact) mass is 236 g/mol. The first-order valence-corrected chi connectivity index (χ1v) is 6.15. The number of aliphatic hydroxyl groups is 2. The van der Waals surface area contributed by atoms with E-state index in [0.29, 0.717) is 5.92 Å². The first-order chi connectivity index (χ1) is 8.24. The molecule has 0 aromatic carbocycles. The number of pyridine rings is 1.